The standard InChI is InChI=1S/C12H8BrNO2/c13-11-8-10(6-7-12(11)14(15)16)9-4-2-1-3-5-9/h1-8H. The van der Waals surface area contributed by atoms with E-state index in [0.717, 1.165) is 11.1 Å². The number of halogens is 1. The molecule has 16 heavy (non-hydrogen) atoms. The third-order valence-electron chi connectivity index (χ3n) is 2.25. The first-order chi connectivity index (χ1) is 7.68. The van der Waals surface area contributed by atoms with Gasteiger partial charge in [0.2, 0.25) is 0 Å². The lowest BCUT2D eigenvalue weighted by atomic mass is 10.1. The zero-order chi connectivity index (χ0) is 11.5. The van der Waals surface area contributed by atoms with Gasteiger partial charge in [0, 0.05) is 6.07 Å². The Hall–Kier alpha value is -1.68. The van der Waals surface area contributed by atoms with Gasteiger partial charge in [-0.25, -0.2) is 0 Å². The van der Waals surface area contributed by atoms with E-state index in [9.17, 15) is 10.1 Å². The molecule has 0 fully saturated rings. The number of hydrogen-bond acceptors (Lipinski definition) is 2. The van der Waals surface area contributed by atoms with Gasteiger partial charge in [-0.3, -0.25) is 10.1 Å². The lowest BCUT2D eigenvalue weighted by Crippen LogP contribution is -1.89. The fourth-order valence-electron chi connectivity index (χ4n) is 1.47. The first kappa shape index (κ1) is 10.8. The molecule has 2 aromatic rings. The second kappa shape index (κ2) is 4.45. The van der Waals surface area contributed by atoms with E-state index >= 15 is 0 Å². The SMILES string of the molecule is O=[N+]([O-])c1ccc(-c2ccccc2)cc1Br. The van der Waals surface area contributed by atoms with Crippen molar-refractivity contribution < 1.29 is 4.92 Å². The number of hydrogen-bond donors (Lipinski definition) is 0. The Morgan fingerprint density at radius 1 is 1.00 bits per heavy atom. The molecule has 0 N–H and O–H groups in total. The first-order valence-corrected chi connectivity index (χ1v) is 5.47. The van der Waals surface area contributed by atoms with E-state index in [1.807, 2.05) is 30.3 Å². The van der Waals surface area contributed by atoms with E-state index in [1.165, 1.54) is 6.07 Å². The smallest absolute Gasteiger partial charge is 0.258 e. The van der Waals surface area contributed by atoms with E-state index in [-0.39, 0.29) is 5.69 Å². The molecule has 0 aliphatic heterocycles. The molecule has 0 aliphatic rings. The van der Waals surface area contributed by atoms with Gasteiger partial charge in [0.1, 0.15) is 0 Å². The topological polar surface area (TPSA) is 43.1 Å². The Bertz CT molecular complexity index is 526. The van der Waals surface area contributed by atoms with Crippen molar-refractivity contribution in [3.8, 4) is 11.1 Å². The van der Waals surface area contributed by atoms with E-state index in [0.29, 0.717) is 4.47 Å². The molecule has 80 valence electrons. The highest BCUT2D eigenvalue weighted by atomic mass is 79.9. The summed E-state index contributed by atoms with van der Waals surface area (Å²) in [6.07, 6.45) is 0. The van der Waals surface area contributed by atoms with Gasteiger partial charge in [0.25, 0.3) is 5.69 Å². The van der Waals surface area contributed by atoms with Gasteiger partial charge in [-0.2, -0.15) is 0 Å². The molecule has 0 atom stereocenters. The quantitative estimate of drug-likeness (QED) is 0.615. The average molecular weight is 278 g/mol. The van der Waals surface area contributed by atoms with Crippen molar-refractivity contribution in [1.29, 1.82) is 0 Å². The Labute approximate surface area is 101 Å². The highest BCUT2D eigenvalue weighted by Crippen LogP contribution is 2.30. The summed E-state index contributed by atoms with van der Waals surface area (Å²) in [4.78, 5) is 10.2. The summed E-state index contributed by atoms with van der Waals surface area (Å²) in [6, 6.07) is 14.7. The van der Waals surface area contributed by atoms with Crippen LogP contribution >= 0.6 is 15.9 Å². The maximum absolute atomic E-state index is 10.6. The summed E-state index contributed by atoms with van der Waals surface area (Å²) in [5, 5.41) is 10.6. The maximum atomic E-state index is 10.6. The van der Waals surface area contributed by atoms with Crippen LogP contribution in [0, 0.1) is 10.1 Å². The van der Waals surface area contributed by atoms with Gasteiger partial charge >= 0.3 is 0 Å². The number of nitro benzene ring substituents is 1. The molecule has 0 aliphatic carbocycles. The van der Waals surface area contributed by atoms with Crippen molar-refractivity contribution in [3.63, 3.8) is 0 Å². The largest absolute Gasteiger partial charge is 0.283 e. The van der Waals surface area contributed by atoms with Crippen molar-refractivity contribution in [2.45, 2.75) is 0 Å². The first-order valence-electron chi connectivity index (χ1n) is 4.68. The third-order valence-corrected chi connectivity index (χ3v) is 2.89. The highest BCUT2D eigenvalue weighted by Gasteiger charge is 2.11. The lowest BCUT2D eigenvalue weighted by molar-refractivity contribution is -0.385. The van der Waals surface area contributed by atoms with E-state index < -0.39 is 4.92 Å². The van der Waals surface area contributed by atoms with Gasteiger partial charge in [0.15, 0.2) is 0 Å². The third kappa shape index (κ3) is 2.12. The molecule has 0 heterocycles. The molecule has 0 unspecified atom stereocenters. The van der Waals surface area contributed by atoms with Gasteiger partial charge in [-0.15, -0.1) is 0 Å². The predicted octanol–water partition coefficient (Wildman–Crippen LogP) is 4.02. The van der Waals surface area contributed by atoms with Gasteiger partial charge in [-0.05, 0) is 39.2 Å². The zero-order valence-electron chi connectivity index (χ0n) is 8.26. The normalized spacial score (nSPS) is 10.1. The number of nitrogens with zero attached hydrogens (tertiary/aromatic N) is 1. The Balaban J connectivity index is 2.46. The molecule has 0 saturated carbocycles. The van der Waals surface area contributed by atoms with Crippen molar-refractivity contribution in [2.24, 2.45) is 0 Å². The van der Waals surface area contributed by atoms with Gasteiger partial charge in [-0.1, -0.05) is 30.3 Å². The van der Waals surface area contributed by atoms with Crippen molar-refractivity contribution in [1.82, 2.24) is 0 Å². The summed E-state index contributed by atoms with van der Waals surface area (Å²) in [6.45, 7) is 0. The van der Waals surface area contributed by atoms with Crippen molar-refractivity contribution >= 4 is 21.6 Å². The van der Waals surface area contributed by atoms with E-state index in [1.54, 1.807) is 12.1 Å². The van der Waals surface area contributed by atoms with Gasteiger partial charge in [0.05, 0.1) is 9.40 Å². The van der Waals surface area contributed by atoms with Crippen LogP contribution in [0.1, 0.15) is 0 Å². The highest BCUT2D eigenvalue weighted by molar-refractivity contribution is 9.10. The molecule has 2 aromatic carbocycles. The number of benzene rings is 2. The monoisotopic (exact) mass is 277 g/mol. The fraction of sp³-hybridized carbons (Fsp3) is 0. The summed E-state index contributed by atoms with van der Waals surface area (Å²) in [7, 11) is 0. The Morgan fingerprint density at radius 3 is 2.25 bits per heavy atom. The predicted molar refractivity (Wildman–Crippen MR) is 66.2 cm³/mol. The summed E-state index contributed by atoms with van der Waals surface area (Å²) in [5.74, 6) is 0. The van der Waals surface area contributed by atoms with Crippen LogP contribution in [-0.2, 0) is 0 Å². The lowest BCUT2D eigenvalue weighted by Gasteiger charge is -2.02. The average Bonchev–Trinajstić information content (AvgIpc) is 2.29. The number of nitro groups is 1. The molecule has 3 nitrogen and oxygen atoms in total. The molecule has 0 radical (unpaired) electrons. The molecule has 4 heteroatoms. The molecule has 0 amide bonds. The molecular formula is C12H8BrNO2. The van der Waals surface area contributed by atoms with Crippen molar-refractivity contribution in [3.05, 3.63) is 63.1 Å². The van der Waals surface area contributed by atoms with Crippen molar-refractivity contribution in [2.75, 3.05) is 0 Å². The summed E-state index contributed by atoms with van der Waals surface area (Å²) < 4.78 is 0.499. The second-order valence-corrected chi connectivity index (χ2v) is 4.14. The van der Waals surface area contributed by atoms with Crippen LogP contribution in [0.2, 0.25) is 0 Å². The van der Waals surface area contributed by atoms with Crippen LogP contribution in [0.5, 0.6) is 0 Å². The molecule has 0 saturated heterocycles. The molecule has 0 aromatic heterocycles. The van der Waals surface area contributed by atoms with Gasteiger partial charge < -0.3 is 0 Å². The fourth-order valence-corrected chi connectivity index (χ4v) is 1.99. The Morgan fingerprint density at radius 2 is 1.69 bits per heavy atom. The van der Waals surface area contributed by atoms with Crippen LogP contribution in [0.4, 0.5) is 5.69 Å². The minimum absolute atomic E-state index is 0.0830. The summed E-state index contributed by atoms with van der Waals surface area (Å²) in [5.41, 5.74) is 2.08. The number of rotatable bonds is 2. The summed E-state index contributed by atoms with van der Waals surface area (Å²) >= 11 is 3.20. The maximum Gasteiger partial charge on any atom is 0.283 e. The minimum Gasteiger partial charge on any atom is -0.258 e. The molecule has 0 bridgehead atoms. The zero-order valence-corrected chi connectivity index (χ0v) is 9.85. The minimum atomic E-state index is -0.404. The van der Waals surface area contributed by atoms with E-state index in [4.69, 9.17) is 0 Å². The van der Waals surface area contributed by atoms with E-state index in [2.05, 4.69) is 15.9 Å². The van der Waals surface area contributed by atoms with Crippen LogP contribution in [0.15, 0.2) is 53.0 Å². The molecular weight excluding hydrogens is 270 g/mol. The van der Waals surface area contributed by atoms with Crippen LogP contribution in [0.25, 0.3) is 11.1 Å². The second-order valence-electron chi connectivity index (χ2n) is 3.29. The molecule has 0 spiro atoms. The Kier molecular flexibility index (Phi) is 3.01. The van der Waals surface area contributed by atoms with Crippen LogP contribution in [-0.4, -0.2) is 4.92 Å². The van der Waals surface area contributed by atoms with Crippen LogP contribution < -0.4 is 0 Å². The van der Waals surface area contributed by atoms with Crippen LogP contribution in [0.3, 0.4) is 0 Å². The molecule has 2 rings (SSSR count).